The van der Waals surface area contributed by atoms with Crippen molar-refractivity contribution in [3.8, 4) is 0 Å². The summed E-state index contributed by atoms with van der Waals surface area (Å²) in [7, 11) is 0. The third kappa shape index (κ3) is 14.6. The van der Waals surface area contributed by atoms with E-state index >= 15 is 0 Å². The van der Waals surface area contributed by atoms with Gasteiger partial charge in [0, 0.05) is 6.42 Å². The van der Waals surface area contributed by atoms with Gasteiger partial charge in [0.25, 0.3) is 0 Å². The highest BCUT2D eigenvalue weighted by atomic mass is 32.2. The molecule has 0 aliphatic heterocycles. The number of esters is 2. The fourth-order valence-electron chi connectivity index (χ4n) is 2.14. The van der Waals surface area contributed by atoms with Gasteiger partial charge in [-0.05, 0) is 51.0 Å². The second kappa shape index (κ2) is 13.7. The summed E-state index contributed by atoms with van der Waals surface area (Å²) < 4.78 is 10.4. The van der Waals surface area contributed by atoms with Gasteiger partial charge in [0.2, 0.25) is 0 Å². The number of carbonyl (C=O) groups excluding carboxylic acids is 2. The van der Waals surface area contributed by atoms with Crippen molar-refractivity contribution in [2.24, 2.45) is 0 Å². The standard InChI is InChI=1S/C18H34O4S/c1-5-7-8-9-12-18(3,4)22-17(20)15-21-16(19)11-10-14-23-13-6-2/h5-15H2,1-4H3. The van der Waals surface area contributed by atoms with Gasteiger partial charge < -0.3 is 9.47 Å². The van der Waals surface area contributed by atoms with Crippen LogP contribution in [0, 0.1) is 0 Å². The first kappa shape index (κ1) is 22.3. The van der Waals surface area contributed by atoms with Crippen molar-refractivity contribution < 1.29 is 19.1 Å². The van der Waals surface area contributed by atoms with Gasteiger partial charge in [-0.2, -0.15) is 11.8 Å². The normalized spacial score (nSPS) is 11.3. The minimum atomic E-state index is -0.492. The van der Waals surface area contributed by atoms with Gasteiger partial charge in [-0.25, -0.2) is 4.79 Å². The number of ether oxygens (including phenoxy) is 2. The van der Waals surface area contributed by atoms with Crippen LogP contribution in [0.5, 0.6) is 0 Å². The van der Waals surface area contributed by atoms with Gasteiger partial charge in [-0.1, -0.05) is 33.1 Å². The fourth-order valence-corrected chi connectivity index (χ4v) is 2.98. The Labute approximate surface area is 146 Å². The predicted octanol–water partition coefficient (Wildman–Crippen LogP) is 4.75. The smallest absolute Gasteiger partial charge is 0.344 e. The lowest BCUT2D eigenvalue weighted by atomic mass is 10.00. The molecule has 0 amide bonds. The Kier molecular flexibility index (Phi) is 13.3. The summed E-state index contributed by atoms with van der Waals surface area (Å²) in [6.07, 6.45) is 7.74. The molecule has 0 saturated heterocycles. The van der Waals surface area contributed by atoms with Crippen LogP contribution < -0.4 is 0 Å². The van der Waals surface area contributed by atoms with Gasteiger partial charge >= 0.3 is 11.9 Å². The molecule has 0 atom stereocenters. The van der Waals surface area contributed by atoms with Crippen molar-refractivity contribution in [3.05, 3.63) is 0 Å². The molecule has 5 heteroatoms. The first-order chi connectivity index (χ1) is 10.9. The Bertz CT molecular complexity index is 329. The van der Waals surface area contributed by atoms with Crippen molar-refractivity contribution in [3.63, 3.8) is 0 Å². The maximum absolute atomic E-state index is 11.8. The molecule has 0 saturated carbocycles. The second-order valence-corrected chi connectivity index (χ2v) is 7.65. The molecule has 23 heavy (non-hydrogen) atoms. The van der Waals surface area contributed by atoms with Crippen molar-refractivity contribution in [2.75, 3.05) is 18.1 Å². The minimum Gasteiger partial charge on any atom is -0.457 e. The van der Waals surface area contributed by atoms with E-state index in [9.17, 15) is 9.59 Å². The molecule has 0 aliphatic rings. The summed E-state index contributed by atoms with van der Waals surface area (Å²) in [5, 5.41) is 0. The zero-order valence-corrected chi connectivity index (χ0v) is 16.1. The van der Waals surface area contributed by atoms with Crippen molar-refractivity contribution in [1.82, 2.24) is 0 Å². The molecule has 0 aromatic rings. The monoisotopic (exact) mass is 346 g/mol. The van der Waals surface area contributed by atoms with E-state index in [1.165, 1.54) is 12.8 Å². The van der Waals surface area contributed by atoms with E-state index in [-0.39, 0.29) is 12.6 Å². The van der Waals surface area contributed by atoms with Gasteiger partial charge in [-0.3, -0.25) is 4.79 Å². The van der Waals surface area contributed by atoms with E-state index in [1.807, 2.05) is 25.6 Å². The van der Waals surface area contributed by atoms with Crippen LogP contribution in [0.1, 0.15) is 79.1 Å². The van der Waals surface area contributed by atoms with E-state index in [0.29, 0.717) is 6.42 Å². The molecular formula is C18H34O4S. The third-order valence-corrected chi connectivity index (χ3v) is 4.67. The van der Waals surface area contributed by atoms with E-state index < -0.39 is 11.6 Å². The number of thioether (sulfide) groups is 1. The van der Waals surface area contributed by atoms with E-state index in [0.717, 1.165) is 43.6 Å². The van der Waals surface area contributed by atoms with E-state index in [1.54, 1.807) is 0 Å². The summed E-state index contributed by atoms with van der Waals surface area (Å²) in [5.74, 6) is 1.30. The van der Waals surface area contributed by atoms with Crippen LogP contribution in [-0.2, 0) is 19.1 Å². The molecule has 0 fully saturated rings. The van der Waals surface area contributed by atoms with Crippen LogP contribution >= 0.6 is 11.8 Å². The predicted molar refractivity (Wildman–Crippen MR) is 96.7 cm³/mol. The minimum absolute atomic E-state index is 0.278. The first-order valence-corrected chi connectivity index (χ1v) is 10.0. The molecule has 0 N–H and O–H groups in total. The van der Waals surface area contributed by atoms with Crippen LogP contribution in [0.25, 0.3) is 0 Å². The quantitative estimate of drug-likeness (QED) is 0.336. The van der Waals surface area contributed by atoms with Gasteiger partial charge in [0.1, 0.15) is 5.60 Å². The molecule has 0 aromatic carbocycles. The molecule has 0 aromatic heterocycles. The maximum atomic E-state index is 11.8. The van der Waals surface area contributed by atoms with Crippen LogP contribution in [0.4, 0.5) is 0 Å². The molecule has 136 valence electrons. The molecule has 0 rings (SSSR count). The van der Waals surface area contributed by atoms with Crippen molar-refractivity contribution >= 4 is 23.7 Å². The van der Waals surface area contributed by atoms with Gasteiger partial charge in [0.15, 0.2) is 6.61 Å². The summed E-state index contributed by atoms with van der Waals surface area (Å²) in [5.41, 5.74) is -0.492. The Morgan fingerprint density at radius 1 is 0.913 bits per heavy atom. The zero-order chi connectivity index (χ0) is 17.6. The van der Waals surface area contributed by atoms with Crippen LogP contribution in [-0.4, -0.2) is 35.7 Å². The third-order valence-electron chi connectivity index (χ3n) is 3.39. The lowest BCUT2D eigenvalue weighted by Gasteiger charge is -2.25. The molecule has 0 heterocycles. The van der Waals surface area contributed by atoms with Gasteiger partial charge in [0.05, 0.1) is 0 Å². The van der Waals surface area contributed by atoms with Crippen LogP contribution in [0.3, 0.4) is 0 Å². The Hall–Kier alpha value is -0.710. The van der Waals surface area contributed by atoms with Crippen LogP contribution in [0.2, 0.25) is 0 Å². The average Bonchev–Trinajstić information content (AvgIpc) is 2.49. The number of hydrogen-bond acceptors (Lipinski definition) is 5. The lowest BCUT2D eigenvalue weighted by molar-refractivity contribution is -0.168. The molecule has 4 nitrogen and oxygen atoms in total. The molecular weight excluding hydrogens is 312 g/mol. The van der Waals surface area contributed by atoms with E-state index in [2.05, 4.69) is 13.8 Å². The fraction of sp³-hybridized carbons (Fsp3) is 0.889. The number of rotatable bonds is 14. The second-order valence-electron chi connectivity index (χ2n) is 6.42. The summed E-state index contributed by atoms with van der Waals surface area (Å²) >= 11 is 1.84. The van der Waals surface area contributed by atoms with Crippen LogP contribution in [0.15, 0.2) is 0 Å². The number of unbranched alkanes of at least 4 members (excludes halogenated alkanes) is 3. The number of hydrogen-bond donors (Lipinski definition) is 0. The highest BCUT2D eigenvalue weighted by molar-refractivity contribution is 7.99. The SMILES string of the molecule is CCCCCCC(C)(C)OC(=O)COC(=O)CCCSCCC. The topological polar surface area (TPSA) is 52.6 Å². The maximum Gasteiger partial charge on any atom is 0.344 e. The Balaban J connectivity index is 3.76. The van der Waals surface area contributed by atoms with Gasteiger partial charge in [-0.15, -0.1) is 0 Å². The van der Waals surface area contributed by atoms with E-state index in [4.69, 9.17) is 9.47 Å². The highest BCUT2D eigenvalue weighted by Crippen LogP contribution is 2.19. The Morgan fingerprint density at radius 3 is 2.30 bits per heavy atom. The summed E-state index contributed by atoms with van der Waals surface area (Å²) in [6, 6.07) is 0. The Morgan fingerprint density at radius 2 is 1.65 bits per heavy atom. The summed E-state index contributed by atoms with van der Waals surface area (Å²) in [4.78, 5) is 23.3. The zero-order valence-electron chi connectivity index (χ0n) is 15.3. The largest absolute Gasteiger partial charge is 0.457 e. The number of carbonyl (C=O) groups is 2. The molecule has 0 radical (unpaired) electrons. The molecule has 0 spiro atoms. The highest BCUT2D eigenvalue weighted by Gasteiger charge is 2.23. The first-order valence-electron chi connectivity index (χ1n) is 8.86. The summed E-state index contributed by atoms with van der Waals surface area (Å²) in [6.45, 7) is 7.84. The molecule has 0 aliphatic carbocycles. The molecule has 0 unspecified atom stereocenters. The lowest BCUT2D eigenvalue weighted by Crippen LogP contribution is -2.30. The van der Waals surface area contributed by atoms with Crippen molar-refractivity contribution in [2.45, 2.75) is 84.7 Å². The average molecular weight is 347 g/mol. The molecule has 0 bridgehead atoms. The van der Waals surface area contributed by atoms with Crippen molar-refractivity contribution in [1.29, 1.82) is 0 Å².